The van der Waals surface area contributed by atoms with Crippen molar-refractivity contribution in [1.82, 2.24) is 0 Å². The molecular weight excluding hydrogens is 192 g/mol. The van der Waals surface area contributed by atoms with Crippen molar-refractivity contribution in [2.24, 2.45) is 0 Å². The van der Waals surface area contributed by atoms with Crippen LogP contribution in [0.1, 0.15) is 12.8 Å². The summed E-state index contributed by atoms with van der Waals surface area (Å²) in [6, 6.07) is 0. The molecule has 0 aromatic heterocycles. The van der Waals surface area contributed by atoms with Crippen molar-refractivity contribution in [3.8, 4) is 0 Å². The molecule has 0 aromatic carbocycles. The summed E-state index contributed by atoms with van der Waals surface area (Å²) in [4.78, 5) is 0. The largest absolute Gasteiger partial charge is 0.494 e. The Bertz CT molecular complexity index is 140. The van der Waals surface area contributed by atoms with Gasteiger partial charge in [0, 0.05) is 5.33 Å². The predicted molar refractivity (Wildman–Crippen MR) is 46.2 cm³/mol. The number of ether oxygens (including phenoxy) is 1. The van der Waals surface area contributed by atoms with Crippen LogP contribution in [0.15, 0.2) is 24.5 Å². The summed E-state index contributed by atoms with van der Waals surface area (Å²) >= 11 is 3.32. The average molecular weight is 203 g/mol. The number of alkyl halides is 1. The first-order valence-electron chi connectivity index (χ1n) is 3.46. The van der Waals surface area contributed by atoms with Crippen LogP contribution >= 0.6 is 15.9 Å². The molecule has 0 aromatic rings. The van der Waals surface area contributed by atoms with E-state index in [0.29, 0.717) is 6.10 Å². The van der Waals surface area contributed by atoms with Gasteiger partial charge in [-0.3, -0.25) is 0 Å². The van der Waals surface area contributed by atoms with Crippen molar-refractivity contribution in [3.63, 3.8) is 0 Å². The van der Waals surface area contributed by atoms with E-state index in [2.05, 4.69) is 34.2 Å². The maximum atomic E-state index is 5.29. The molecule has 1 unspecified atom stereocenters. The first kappa shape index (κ1) is 7.86. The van der Waals surface area contributed by atoms with Gasteiger partial charge in [-0.15, -0.1) is 0 Å². The fourth-order valence-corrected chi connectivity index (χ4v) is 1.11. The van der Waals surface area contributed by atoms with E-state index in [1.165, 1.54) is 0 Å². The summed E-state index contributed by atoms with van der Waals surface area (Å²) in [6.45, 7) is 0. The number of hydrogen-bond acceptors (Lipinski definition) is 1. The Kier molecular flexibility index (Phi) is 3.58. The molecule has 0 spiro atoms. The molecule has 1 aliphatic heterocycles. The first-order chi connectivity index (χ1) is 4.93. The maximum absolute atomic E-state index is 5.29. The summed E-state index contributed by atoms with van der Waals surface area (Å²) in [5.74, 6) is 0. The fraction of sp³-hybridized carbons (Fsp3) is 0.500. The van der Waals surface area contributed by atoms with E-state index < -0.39 is 0 Å². The van der Waals surface area contributed by atoms with Crippen LogP contribution in [0.25, 0.3) is 0 Å². The molecule has 0 saturated carbocycles. The van der Waals surface area contributed by atoms with Gasteiger partial charge in [0.15, 0.2) is 0 Å². The molecule has 1 aliphatic rings. The standard InChI is InChI=1S/C8H11BrO/c9-6-3-5-8-4-1-2-7-10-8/h2-3,5,7-8H,1,4,6H2/b5-3+. The quantitative estimate of drug-likeness (QED) is 0.495. The van der Waals surface area contributed by atoms with Crippen molar-refractivity contribution >= 4 is 15.9 Å². The van der Waals surface area contributed by atoms with Gasteiger partial charge in [0.1, 0.15) is 6.10 Å². The van der Waals surface area contributed by atoms with Gasteiger partial charge in [-0.05, 0) is 25.0 Å². The van der Waals surface area contributed by atoms with E-state index in [1.54, 1.807) is 6.26 Å². The van der Waals surface area contributed by atoms with E-state index in [4.69, 9.17) is 4.74 Å². The van der Waals surface area contributed by atoms with E-state index in [1.807, 2.05) is 0 Å². The van der Waals surface area contributed by atoms with Gasteiger partial charge < -0.3 is 4.74 Å². The fourth-order valence-electron chi connectivity index (χ4n) is 0.898. The lowest BCUT2D eigenvalue weighted by molar-refractivity contribution is 0.165. The lowest BCUT2D eigenvalue weighted by Crippen LogP contribution is -2.08. The highest BCUT2D eigenvalue weighted by molar-refractivity contribution is 9.09. The summed E-state index contributed by atoms with van der Waals surface area (Å²) in [5.41, 5.74) is 0. The minimum absolute atomic E-state index is 0.308. The third kappa shape index (κ3) is 2.56. The van der Waals surface area contributed by atoms with Crippen LogP contribution in [0.5, 0.6) is 0 Å². The van der Waals surface area contributed by atoms with Crippen LogP contribution in [0.3, 0.4) is 0 Å². The average Bonchev–Trinajstić information content (AvgIpc) is 2.03. The SMILES string of the molecule is BrC/C=C/C1CCC=CO1. The molecule has 0 saturated heterocycles. The van der Waals surface area contributed by atoms with Crippen LogP contribution in [0.4, 0.5) is 0 Å². The second-order valence-electron chi connectivity index (χ2n) is 2.21. The summed E-state index contributed by atoms with van der Waals surface area (Å²) in [5, 5.41) is 0.913. The lowest BCUT2D eigenvalue weighted by Gasteiger charge is -2.14. The number of allylic oxidation sites excluding steroid dienone is 2. The third-order valence-electron chi connectivity index (χ3n) is 1.41. The van der Waals surface area contributed by atoms with Crippen molar-refractivity contribution in [2.45, 2.75) is 18.9 Å². The third-order valence-corrected chi connectivity index (χ3v) is 1.78. The van der Waals surface area contributed by atoms with Gasteiger partial charge in [-0.25, -0.2) is 0 Å². The first-order valence-corrected chi connectivity index (χ1v) is 4.58. The van der Waals surface area contributed by atoms with Crippen LogP contribution in [-0.2, 0) is 4.74 Å². The van der Waals surface area contributed by atoms with Gasteiger partial charge in [0.25, 0.3) is 0 Å². The molecule has 10 heavy (non-hydrogen) atoms. The molecule has 0 bridgehead atoms. The molecule has 0 aliphatic carbocycles. The highest BCUT2D eigenvalue weighted by Crippen LogP contribution is 2.10. The Labute approximate surface area is 69.9 Å². The number of hydrogen-bond donors (Lipinski definition) is 0. The molecule has 56 valence electrons. The van der Waals surface area contributed by atoms with Gasteiger partial charge in [-0.2, -0.15) is 0 Å². The van der Waals surface area contributed by atoms with Crippen molar-refractivity contribution in [2.75, 3.05) is 5.33 Å². The van der Waals surface area contributed by atoms with E-state index in [9.17, 15) is 0 Å². The predicted octanol–water partition coefficient (Wildman–Crippen LogP) is 2.63. The number of rotatable bonds is 2. The molecule has 1 rings (SSSR count). The minimum atomic E-state index is 0.308. The minimum Gasteiger partial charge on any atom is -0.494 e. The van der Waals surface area contributed by atoms with E-state index >= 15 is 0 Å². The molecule has 0 radical (unpaired) electrons. The molecule has 2 heteroatoms. The molecular formula is C8H11BrO. The zero-order valence-electron chi connectivity index (χ0n) is 5.79. The number of halogens is 1. The summed E-state index contributed by atoms with van der Waals surface area (Å²) < 4.78 is 5.29. The van der Waals surface area contributed by atoms with Crippen molar-refractivity contribution in [3.05, 3.63) is 24.5 Å². The van der Waals surface area contributed by atoms with Gasteiger partial charge in [0.05, 0.1) is 6.26 Å². The summed E-state index contributed by atoms with van der Waals surface area (Å²) in [7, 11) is 0. The van der Waals surface area contributed by atoms with Gasteiger partial charge in [-0.1, -0.05) is 22.0 Å². The van der Waals surface area contributed by atoms with Crippen LogP contribution < -0.4 is 0 Å². The molecule has 0 amide bonds. The van der Waals surface area contributed by atoms with E-state index in [0.717, 1.165) is 18.2 Å². The Morgan fingerprint density at radius 1 is 1.70 bits per heavy atom. The Morgan fingerprint density at radius 2 is 2.60 bits per heavy atom. The zero-order valence-corrected chi connectivity index (χ0v) is 7.38. The van der Waals surface area contributed by atoms with E-state index in [-0.39, 0.29) is 0 Å². The van der Waals surface area contributed by atoms with Crippen LogP contribution in [0, 0.1) is 0 Å². The van der Waals surface area contributed by atoms with Crippen LogP contribution in [0.2, 0.25) is 0 Å². The zero-order chi connectivity index (χ0) is 7.23. The Balaban J connectivity index is 2.28. The van der Waals surface area contributed by atoms with Crippen molar-refractivity contribution < 1.29 is 4.74 Å². The summed E-state index contributed by atoms with van der Waals surface area (Å²) in [6.07, 6.45) is 10.6. The molecule has 1 heterocycles. The highest BCUT2D eigenvalue weighted by Gasteiger charge is 2.04. The van der Waals surface area contributed by atoms with Gasteiger partial charge in [0.2, 0.25) is 0 Å². The molecule has 0 fully saturated rings. The molecule has 1 nitrogen and oxygen atoms in total. The topological polar surface area (TPSA) is 9.23 Å². The molecule has 1 atom stereocenters. The lowest BCUT2D eigenvalue weighted by atomic mass is 10.1. The smallest absolute Gasteiger partial charge is 0.116 e. The second kappa shape index (κ2) is 4.56. The molecule has 0 N–H and O–H groups in total. The normalized spacial score (nSPS) is 25.1. The monoisotopic (exact) mass is 202 g/mol. The highest BCUT2D eigenvalue weighted by atomic mass is 79.9. The van der Waals surface area contributed by atoms with Crippen molar-refractivity contribution in [1.29, 1.82) is 0 Å². The van der Waals surface area contributed by atoms with Gasteiger partial charge >= 0.3 is 0 Å². The Morgan fingerprint density at radius 3 is 3.20 bits per heavy atom. The van der Waals surface area contributed by atoms with Crippen LogP contribution in [-0.4, -0.2) is 11.4 Å². The second-order valence-corrected chi connectivity index (χ2v) is 2.85. The maximum Gasteiger partial charge on any atom is 0.116 e. The Hall–Kier alpha value is -0.240.